The van der Waals surface area contributed by atoms with Gasteiger partial charge < -0.3 is 10.3 Å². The molecule has 0 aliphatic heterocycles. The minimum atomic E-state index is -0.158. The van der Waals surface area contributed by atoms with Crippen LogP contribution in [0.5, 0.6) is 0 Å². The number of para-hydroxylation sites is 2. The maximum Gasteiger partial charge on any atom is 0.256 e. The van der Waals surface area contributed by atoms with Crippen LogP contribution in [-0.4, -0.2) is 26.1 Å². The van der Waals surface area contributed by atoms with Gasteiger partial charge in [0.05, 0.1) is 16.7 Å². The highest BCUT2D eigenvalue weighted by Gasteiger charge is 2.17. The lowest BCUT2D eigenvalue weighted by molar-refractivity contribution is 0.102. The smallest absolute Gasteiger partial charge is 0.256 e. The Balaban J connectivity index is 1.69. The third kappa shape index (κ3) is 2.67. The fourth-order valence-electron chi connectivity index (χ4n) is 2.99. The van der Waals surface area contributed by atoms with Crippen molar-refractivity contribution in [3.8, 4) is 11.5 Å². The van der Waals surface area contributed by atoms with Gasteiger partial charge in [-0.1, -0.05) is 30.3 Å². The summed E-state index contributed by atoms with van der Waals surface area (Å²) in [5.74, 6) is 0.452. The summed E-state index contributed by atoms with van der Waals surface area (Å²) in [7, 11) is 0. The quantitative estimate of drug-likeness (QED) is 0.533. The van der Waals surface area contributed by atoms with Crippen LogP contribution in [0.1, 0.15) is 21.5 Å². The van der Waals surface area contributed by atoms with Gasteiger partial charge in [0.15, 0.2) is 11.5 Å². The molecule has 0 saturated heterocycles. The van der Waals surface area contributed by atoms with Gasteiger partial charge in [0.1, 0.15) is 0 Å². The molecule has 0 bridgehead atoms. The Labute approximate surface area is 144 Å². The molecule has 0 atom stereocenters. The second-order valence-corrected chi connectivity index (χ2v) is 5.97. The molecule has 6 heteroatoms. The molecule has 0 spiro atoms. The van der Waals surface area contributed by atoms with Crippen LogP contribution in [0.15, 0.2) is 48.7 Å². The van der Waals surface area contributed by atoms with Crippen molar-refractivity contribution in [2.45, 2.75) is 13.8 Å². The number of H-pyrrole nitrogens is 2. The van der Waals surface area contributed by atoms with Gasteiger partial charge in [-0.15, -0.1) is 0 Å². The second-order valence-electron chi connectivity index (χ2n) is 5.97. The highest BCUT2D eigenvalue weighted by molar-refractivity contribution is 6.07. The Bertz CT molecular complexity index is 1020. The SMILES string of the molecule is Cc1cccc(C)c1C(=O)Nc1c[nH]nc1-c1nc2ccccc2[nH]1. The highest BCUT2D eigenvalue weighted by Crippen LogP contribution is 2.26. The fourth-order valence-corrected chi connectivity index (χ4v) is 2.99. The maximum atomic E-state index is 12.7. The number of nitrogens with one attached hydrogen (secondary N) is 3. The number of hydrogen-bond acceptors (Lipinski definition) is 3. The second kappa shape index (κ2) is 5.90. The number of imidazole rings is 1. The van der Waals surface area contributed by atoms with Gasteiger partial charge in [0.2, 0.25) is 0 Å². The molecule has 2 heterocycles. The van der Waals surface area contributed by atoms with Crippen LogP contribution in [0.3, 0.4) is 0 Å². The van der Waals surface area contributed by atoms with Crippen LogP contribution in [0.2, 0.25) is 0 Å². The predicted molar refractivity (Wildman–Crippen MR) is 97.5 cm³/mol. The zero-order valence-electron chi connectivity index (χ0n) is 13.9. The summed E-state index contributed by atoms with van der Waals surface area (Å²) in [5, 5.41) is 9.98. The summed E-state index contributed by atoms with van der Waals surface area (Å²) in [4.78, 5) is 20.5. The minimum Gasteiger partial charge on any atom is -0.337 e. The Kier molecular flexibility index (Phi) is 3.57. The van der Waals surface area contributed by atoms with E-state index in [1.54, 1.807) is 6.20 Å². The van der Waals surface area contributed by atoms with Crippen molar-refractivity contribution in [2.24, 2.45) is 0 Å². The van der Waals surface area contributed by atoms with Crippen molar-refractivity contribution < 1.29 is 4.79 Å². The molecule has 2 aromatic carbocycles. The van der Waals surface area contributed by atoms with E-state index >= 15 is 0 Å². The Hall–Kier alpha value is -3.41. The molecule has 0 unspecified atom stereocenters. The summed E-state index contributed by atoms with van der Waals surface area (Å²) < 4.78 is 0. The number of aromatic amines is 2. The zero-order chi connectivity index (χ0) is 17.4. The van der Waals surface area contributed by atoms with E-state index in [0.29, 0.717) is 22.8 Å². The van der Waals surface area contributed by atoms with Crippen LogP contribution >= 0.6 is 0 Å². The van der Waals surface area contributed by atoms with Crippen LogP contribution in [0.25, 0.3) is 22.6 Å². The van der Waals surface area contributed by atoms with Crippen molar-refractivity contribution in [1.29, 1.82) is 0 Å². The van der Waals surface area contributed by atoms with Gasteiger partial charge in [-0.3, -0.25) is 9.89 Å². The first kappa shape index (κ1) is 15.1. The molecule has 0 radical (unpaired) electrons. The van der Waals surface area contributed by atoms with E-state index in [4.69, 9.17) is 0 Å². The van der Waals surface area contributed by atoms with E-state index < -0.39 is 0 Å². The zero-order valence-corrected chi connectivity index (χ0v) is 13.9. The topological polar surface area (TPSA) is 86.5 Å². The number of carbonyl (C=O) groups is 1. The maximum absolute atomic E-state index is 12.7. The molecule has 4 aromatic rings. The third-order valence-electron chi connectivity index (χ3n) is 4.21. The van der Waals surface area contributed by atoms with Crippen LogP contribution in [-0.2, 0) is 0 Å². The number of hydrogen-bond donors (Lipinski definition) is 3. The van der Waals surface area contributed by atoms with Gasteiger partial charge in [-0.2, -0.15) is 5.10 Å². The number of amides is 1. The first-order valence-corrected chi connectivity index (χ1v) is 8.00. The molecule has 124 valence electrons. The number of benzene rings is 2. The molecule has 0 saturated carbocycles. The fraction of sp³-hybridized carbons (Fsp3) is 0.105. The normalized spacial score (nSPS) is 11.0. The van der Waals surface area contributed by atoms with E-state index in [9.17, 15) is 4.79 Å². The summed E-state index contributed by atoms with van der Waals surface area (Å²) in [6.07, 6.45) is 1.66. The Morgan fingerprint density at radius 2 is 1.80 bits per heavy atom. The van der Waals surface area contributed by atoms with Crippen molar-refractivity contribution in [1.82, 2.24) is 20.2 Å². The van der Waals surface area contributed by atoms with Crippen molar-refractivity contribution in [3.05, 3.63) is 65.4 Å². The monoisotopic (exact) mass is 331 g/mol. The van der Waals surface area contributed by atoms with Gasteiger partial charge in [0, 0.05) is 11.8 Å². The highest BCUT2D eigenvalue weighted by atomic mass is 16.1. The number of nitrogens with zero attached hydrogens (tertiary/aromatic N) is 2. The largest absolute Gasteiger partial charge is 0.337 e. The van der Waals surface area contributed by atoms with Crippen LogP contribution in [0.4, 0.5) is 5.69 Å². The van der Waals surface area contributed by atoms with E-state index in [-0.39, 0.29) is 5.91 Å². The summed E-state index contributed by atoms with van der Waals surface area (Å²) in [5.41, 5.74) is 5.50. The lowest BCUT2D eigenvalue weighted by Gasteiger charge is -2.09. The molecule has 3 N–H and O–H groups in total. The van der Waals surface area contributed by atoms with E-state index in [1.807, 2.05) is 56.3 Å². The summed E-state index contributed by atoms with van der Waals surface area (Å²) >= 11 is 0. The lowest BCUT2D eigenvalue weighted by Crippen LogP contribution is -2.15. The lowest BCUT2D eigenvalue weighted by atomic mass is 10.0. The Morgan fingerprint density at radius 1 is 1.04 bits per heavy atom. The molecule has 0 aliphatic rings. The molecule has 4 rings (SSSR count). The van der Waals surface area contributed by atoms with Crippen molar-refractivity contribution >= 4 is 22.6 Å². The molecule has 25 heavy (non-hydrogen) atoms. The molecule has 6 nitrogen and oxygen atoms in total. The van der Waals surface area contributed by atoms with Gasteiger partial charge >= 0.3 is 0 Å². The van der Waals surface area contributed by atoms with Crippen molar-refractivity contribution in [3.63, 3.8) is 0 Å². The molecule has 1 amide bonds. The molecule has 0 aliphatic carbocycles. The number of aromatic nitrogens is 4. The van der Waals surface area contributed by atoms with Crippen LogP contribution < -0.4 is 5.32 Å². The summed E-state index contributed by atoms with van der Waals surface area (Å²) in [6.45, 7) is 3.86. The van der Waals surface area contributed by atoms with E-state index in [1.165, 1.54) is 0 Å². The average Bonchev–Trinajstić information content (AvgIpc) is 3.20. The molecule has 2 aromatic heterocycles. The van der Waals surface area contributed by atoms with Gasteiger partial charge in [-0.25, -0.2) is 4.98 Å². The minimum absolute atomic E-state index is 0.158. The molecule has 0 fully saturated rings. The van der Waals surface area contributed by atoms with Crippen molar-refractivity contribution in [2.75, 3.05) is 5.32 Å². The number of rotatable bonds is 3. The Morgan fingerprint density at radius 3 is 2.56 bits per heavy atom. The number of fused-ring (bicyclic) bond motifs is 1. The van der Waals surface area contributed by atoms with Gasteiger partial charge in [0.25, 0.3) is 5.91 Å². The van der Waals surface area contributed by atoms with E-state index in [0.717, 1.165) is 22.2 Å². The first-order valence-electron chi connectivity index (χ1n) is 8.00. The summed E-state index contributed by atoms with van der Waals surface area (Å²) in [6, 6.07) is 13.6. The average molecular weight is 331 g/mol. The standard InChI is InChI=1S/C19H17N5O/c1-11-6-5-7-12(2)16(11)19(25)23-15-10-20-24-17(15)18-21-13-8-3-4-9-14(13)22-18/h3-10H,1-2H3,(H,20,24)(H,21,22)(H,23,25). The number of carbonyl (C=O) groups excluding carboxylic acids is 1. The molecular formula is C19H17N5O. The predicted octanol–water partition coefficient (Wildman–Crippen LogP) is 3.82. The third-order valence-corrected chi connectivity index (χ3v) is 4.21. The number of anilines is 1. The number of aryl methyl sites for hydroxylation is 2. The van der Waals surface area contributed by atoms with E-state index in [2.05, 4.69) is 25.5 Å². The van der Waals surface area contributed by atoms with Gasteiger partial charge in [-0.05, 0) is 37.1 Å². The molecular weight excluding hydrogens is 314 g/mol. The first-order chi connectivity index (χ1) is 12.1. The van der Waals surface area contributed by atoms with Crippen LogP contribution in [0, 0.1) is 13.8 Å².